The van der Waals surface area contributed by atoms with E-state index >= 15 is 0 Å². The number of halogens is 2. The first-order valence-corrected chi connectivity index (χ1v) is 14.1. The largest absolute Gasteiger partial charge is 0.311 e. The molecule has 1 aliphatic rings. The van der Waals surface area contributed by atoms with Crippen molar-refractivity contribution in [2.24, 2.45) is 0 Å². The maximum Gasteiger partial charge on any atom is 0.229 e. The molecule has 2 N–H and O–H groups in total. The third kappa shape index (κ3) is 7.35. The summed E-state index contributed by atoms with van der Waals surface area (Å²) in [6.07, 6.45) is 3.46. The molecule has 8 heteroatoms. The van der Waals surface area contributed by atoms with Crippen molar-refractivity contribution in [3.8, 4) is 0 Å². The Balaban J connectivity index is 1.41. The second kappa shape index (κ2) is 11.5. The van der Waals surface area contributed by atoms with E-state index in [1.807, 2.05) is 37.3 Å². The first-order valence-electron chi connectivity index (χ1n) is 12.3. The van der Waals surface area contributed by atoms with Crippen LogP contribution in [-0.4, -0.2) is 38.7 Å². The zero-order valence-corrected chi connectivity index (χ0v) is 21.5. The van der Waals surface area contributed by atoms with Gasteiger partial charge in [0.2, 0.25) is 10.0 Å². The summed E-state index contributed by atoms with van der Waals surface area (Å²) in [7, 11) is -3.34. The van der Waals surface area contributed by atoms with E-state index in [0.29, 0.717) is 12.2 Å². The van der Waals surface area contributed by atoms with Gasteiger partial charge in [-0.15, -0.1) is 0 Å². The highest BCUT2D eigenvalue weighted by Gasteiger charge is 2.26. The van der Waals surface area contributed by atoms with Gasteiger partial charge in [-0.25, -0.2) is 17.2 Å². The van der Waals surface area contributed by atoms with Gasteiger partial charge in [-0.2, -0.15) is 0 Å². The van der Waals surface area contributed by atoms with E-state index in [0.717, 1.165) is 73.0 Å². The molecular formula is C28H33F2N3O2S. The van der Waals surface area contributed by atoms with Crippen molar-refractivity contribution in [1.29, 1.82) is 0 Å². The lowest BCUT2D eigenvalue weighted by molar-refractivity contribution is 0.170. The Morgan fingerprint density at radius 3 is 2.36 bits per heavy atom. The molecule has 1 aliphatic heterocycles. The van der Waals surface area contributed by atoms with Crippen molar-refractivity contribution in [3.05, 3.63) is 100 Å². The molecule has 0 radical (unpaired) electrons. The van der Waals surface area contributed by atoms with Gasteiger partial charge in [0.05, 0.1) is 6.26 Å². The fourth-order valence-corrected chi connectivity index (χ4v) is 5.37. The quantitative estimate of drug-likeness (QED) is 0.387. The molecule has 4 rings (SSSR count). The monoisotopic (exact) mass is 513 g/mol. The first kappa shape index (κ1) is 26.3. The highest BCUT2D eigenvalue weighted by Crippen LogP contribution is 2.26. The Bertz CT molecular complexity index is 1300. The number of hydrogen-bond acceptors (Lipinski definition) is 4. The number of benzene rings is 3. The minimum absolute atomic E-state index is 0.181. The summed E-state index contributed by atoms with van der Waals surface area (Å²) >= 11 is 0. The minimum atomic E-state index is -3.34. The fraction of sp³-hybridized carbons (Fsp3) is 0.357. The normalized spacial score (nSPS) is 16.1. The molecule has 0 spiro atoms. The number of hydrogen-bond donors (Lipinski definition) is 2. The molecule has 192 valence electrons. The number of aryl methyl sites for hydroxylation is 1. The molecule has 1 atom stereocenters. The van der Waals surface area contributed by atoms with Crippen molar-refractivity contribution in [2.75, 3.05) is 24.1 Å². The molecule has 3 aromatic carbocycles. The lowest BCUT2D eigenvalue weighted by Crippen LogP contribution is -2.44. The predicted octanol–water partition coefficient (Wildman–Crippen LogP) is 4.66. The van der Waals surface area contributed by atoms with Crippen LogP contribution in [0.3, 0.4) is 0 Å². The summed E-state index contributed by atoms with van der Waals surface area (Å²) in [5.41, 5.74) is 5.89. The Kier molecular flexibility index (Phi) is 8.39. The standard InChI is InChI=1S/C28H33F2N3O2S/c1-3-20-12-22(14-27(13-20)32-36(2,34)35)18-31-10-11-33-19-23-6-9-26(30)16-24(23)17-28(33)15-21-4-7-25(29)8-5-21/h4-9,12-14,16,28,31-32H,3,10-11,15,17-19H2,1-2H3. The van der Waals surface area contributed by atoms with Crippen LogP contribution >= 0.6 is 0 Å². The Labute approximate surface area is 212 Å². The Morgan fingerprint density at radius 1 is 0.917 bits per heavy atom. The van der Waals surface area contributed by atoms with Crippen molar-refractivity contribution in [3.63, 3.8) is 0 Å². The van der Waals surface area contributed by atoms with Gasteiger partial charge in [-0.05, 0) is 83.5 Å². The number of rotatable bonds is 10. The smallest absolute Gasteiger partial charge is 0.229 e. The number of nitrogens with zero attached hydrogens (tertiary/aromatic N) is 1. The van der Waals surface area contributed by atoms with E-state index in [-0.39, 0.29) is 17.7 Å². The molecule has 0 amide bonds. The van der Waals surface area contributed by atoms with Crippen LogP contribution in [0.25, 0.3) is 0 Å². The summed E-state index contributed by atoms with van der Waals surface area (Å²) in [6.45, 7) is 4.92. The molecule has 0 bridgehead atoms. The maximum absolute atomic E-state index is 13.9. The van der Waals surface area contributed by atoms with Crippen LogP contribution in [0.2, 0.25) is 0 Å². The number of sulfonamides is 1. The van der Waals surface area contributed by atoms with E-state index in [1.54, 1.807) is 6.07 Å². The molecule has 1 heterocycles. The number of fused-ring (bicyclic) bond motifs is 1. The minimum Gasteiger partial charge on any atom is -0.311 e. The van der Waals surface area contributed by atoms with Crippen LogP contribution in [0, 0.1) is 11.6 Å². The second-order valence-electron chi connectivity index (χ2n) is 9.51. The van der Waals surface area contributed by atoms with Gasteiger partial charge in [-0.3, -0.25) is 9.62 Å². The van der Waals surface area contributed by atoms with Crippen LogP contribution in [-0.2, 0) is 42.4 Å². The lowest BCUT2D eigenvalue weighted by atomic mass is 9.90. The average molecular weight is 514 g/mol. The average Bonchev–Trinajstić information content (AvgIpc) is 2.82. The van der Waals surface area contributed by atoms with Crippen LogP contribution in [0.15, 0.2) is 60.7 Å². The van der Waals surface area contributed by atoms with Crippen LogP contribution in [0.1, 0.15) is 34.7 Å². The van der Waals surface area contributed by atoms with Crippen molar-refractivity contribution in [1.82, 2.24) is 10.2 Å². The molecule has 0 fully saturated rings. The summed E-state index contributed by atoms with van der Waals surface area (Å²) in [6, 6.07) is 17.6. The fourth-order valence-electron chi connectivity index (χ4n) is 4.82. The Morgan fingerprint density at radius 2 is 1.64 bits per heavy atom. The number of nitrogens with one attached hydrogen (secondary N) is 2. The van der Waals surface area contributed by atoms with Gasteiger partial charge in [-0.1, -0.05) is 31.2 Å². The second-order valence-corrected chi connectivity index (χ2v) is 11.3. The highest BCUT2D eigenvalue weighted by atomic mass is 32.2. The summed E-state index contributed by atoms with van der Waals surface area (Å²) < 4.78 is 53.1. The van der Waals surface area contributed by atoms with Crippen molar-refractivity contribution in [2.45, 2.75) is 45.3 Å². The van der Waals surface area contributed by atoms with Gasteiger partial charge < -0.3 is 5.32 Å². The zero-order valence-electron chi connectivity index (χ0n) is 20.7. The molecule has 0 aromatic heterocycles. The predicted molar refractivity (Wildman–Crippen MR) is 140 cm³/mol. The van der Waals surface area contributed by atoms with E-state index in [1.165, 1.54) is 18.2 Å². The summed E-state index contributed by atoms with van der Waals surface area (Å²) in [4.78, 5) is 2.40. The Hall–Kier alpha value is -2.81. The van der Waals surface area contributed by atoms with Crippen LogP contribution < -0.4 is 10.0 Å². The van der Waals surface area contributed by atoms with Gasteiger partial charge >= 0.3 is 0 Å². The highest BCUT2D eigenvalue weighted by molar-refractivity contribution is 7.92. The molecule has 3 aromatic rings. The van der Waals surface area contributed by atoms with Gasteiger partial charge in [0, 0.05) is 37.9 Å². The topological polar surface area (TPSA) is 61.4 Å². The van der Waals surface area contributed by atoms with Crippen LogP contribution in [0.4, 0.5) is 14.5 Å². The van der Waals surface area contributed by atoms with Gasteiger partial charge in [0.25, 0.3) is 0 Å². The molecule has 36 heavy (non-hydrogen) atoms. The maximum atomic E-state index is 13.9. The molecule has 5 nitrogen and oxygen atoms in total. The van der Waals surface area contributed by atoms with Crippen molar-refractivity contribution >= 4 is 15.7 Å². The van der Waals surface area contributed by atoms with Gasteiger partial charge in [0.15, 0.2) is 0 Å². The van der Waals surface area contributed by atoms with Crippen LogP contribution in [0.5, 0.6) is 0 Å². The molecule has 0 saturated carbocycles. The molecule has 0 aliphatic carbocycles. The first-order chi connectivity index (χ1) is 17.2. The van der Waals surface area contributed by atoms with E-state index in [2.05, 4.69) is 21.0 Å². The van der Waals surface area contributed by atoms with E-state index in [4.69, 9.17) is 0 Å². The van der Waals surface area contributed by atoms with E-state index < -0.39 is 10.0 Å². The SMILES string of the molecule is CCc1cc(CNCCN2Cc3ccc(F)cc3CC2Cc2ccc(F)cc2)cc(NS(C)(=O)=O)c1. The summed E-state index contributed by atoms with van der Waals surface area (Å²) in [5.74, 6) is -0.471. The van der Waals surface area contributed by atoms with Crippen molar-refractivity contribution < 1.29 is 17.2 Å². The summed E-state index contributed by atoms with van der Waals surface area (Å²) in [5, 5.41) is 3.49. The zero-order chi connectivity index (χ0) is 25.7. The van der Waals surface area contributed by atoms with Gasteiger partial charge in [0.1, 0.15) is 11.6 Å². The third-order valence-electron chi connectivity index (χ3n) is 6.57. The molecule has 0 saturated heterocycles. The molecule has 1 unspecified atom stereocenters. The molecular weight excluding hydrogens is 480 g/mol. The number of anilines is 1. The van der Waals surface area contributed by atoms with E-state index in [9.17, 15) is 17.2 Å². The lowest BCUT2D eigenvalue weighted by Gasteiger charge is -2.37. The third-order valence-corrected chi connectivity index (χ3v) is 7.17.